The summed E-state index contributed by atoms with van der Waals surface area (Å²) in [6.07, 6.45) is 6.81. The van der Waals surface area contributed by atoms with Crippen molar-refractivity contribution in [2.45, 2.75) is 57.4 Å². The number of hydrogen-bond donors (Lipinski definition) is 1. The fourth-order valence-electron chi connectivity index (χ4n) is 3.87. The van der Waals surface area contributed by atoms with Gasteiger partial charge in [0.2, 0.25) is 11.8 Å². The molecule has 1 aliphatic carbocycles. The van der Waals surface area contributed by atoms with Crippen LogP contribution in [0.2, 0.25) is 0 Å². The van der Waals surface area contributed by atoms with E-state index in [0.29, 0.717) is 24.4 Å². The van der Waals surface area contributed by atoms with Crippen molar-refractivity contribution in [2.24, 2.45) is 0 Å². The van der Waals surface area contributed by atoms with Crippen LogP contribution in [0.4, 0.5) is 4.79 Å². The maximum atomic E-state index is 12.5. The van der Waals surface area contributed by atoms with Gasteiger partial charge in [-0.1, -0.05) is 37.0 Å². The molecule has 6 nitrogen and oxygen atoms in total. The number of likely N-dealkylation sites (tertiary alicyclic amines) is 1. The number of nitrogens with one attached hydrogen (secondary N) is 1. The lowest BCUT2D eigenvalue weighted by Gasteiger charge is -2.26. The number of aryl methyl sites for hydroxylation is 1. The summed E-state index contributed by atoms with van der Waals surface area (Å²) >= 11 is 0. The molecule has 2 aliphatic rings. The Balaban J connectivity index is 1.36. The molecule has 138 valence electrons. The quantitative estimate of drug-likeness (QED) is 0.908. The SMILES string of the molecule is Cc1ccc(-c2nnc(C3CCN(C(=O)NC4CCCCC4)C3)o2)cc1. The van der Waals surface area contributed by atoms with Crippen molar-refractivity contribution in [3.63, 3.8) is 0 Å². The Hall–Kier alpha value is -2.37. The van der Waals surface area contributed by atoms with Crippen molar-refractivity contribution in [1.29, 1.82) is 0 Å². The zero-order chi connectivity index (χ0) is 17.9. The molecule has 1 aromatic heterocycles. The molecule has 1 N–H and O–H groups in total. The molecular weight excluding hydrogens is 328 g/mol. The van der Waals surface area contributed by atoms with Gasteiger partial charge in [-0.2, -0.15) is 0 Å². The monoisotopic (exact) mass is 354 g/mol. The second-order valence-electron chi connectivity index (χ2n) is 7.53. The molecule has 2 heterocycles. The predicted octanol–water partition coefficient (Wildman–Crippen LogP) is 3.88. The number of nitrogens with zero attached hydrogens (tertiary/aromatic N) is 3. The summed E-state index contributed by atoms with van der Waals surface area (Å²) in [7, 11) is 0. The molecule has 1 saturated heterocycles. The first-order valence-electron chi connectivity index (χ1n) is 9.65. The van der Waals surface area contributed by atoms with Crippen LogP contribution in [0.15, 0.2) is 28.7 Å². The van der Waals surface area contributed by atoms with Crippen LogP contribution in [0.5, 0.6) is 0 Å². The summed E-state index contributed by atoms with van der Waals surface area (Å²) in [5.41, 5.74) is 2.13. The van der Waals surface area contributed by atoms with Crippen LogP contribution in [0, 0.1) is 6.92 Å². The van der Waals surface area contributed by atoms with Crippen molar-refractivity contribution in [3.8, 4) is 11.5 Å². The summed E-state index contributed by atoms with van der Waals surface area (Å²) in [6.45, 7) is 3.44. The van der Waals surface area contributed by atoms with E-state index < -0.39 is 0 Å². The van der Waals surface area contributed by atoms with Crippen LogP contribution >= 0.6 is 0 Å². The Kier molecular flexibility index (Phi) is 4.91. The molecule has 6 heteroatoms. The van der Waals surface area contributed by atoms with Gasteiger partial charge in [-0.15, -0.1) is 10.2 Å². The van der Waals surface area contributed by atoms with E-state index in [9.17, 15) is 4.79 Å². The van der Waals surface area contributed by atoms with E-state index >= 15 is 0 Å². The molecule has 0 bridgehead atoms. The van der Waals surface area contributed by atoms with Crippen LogP contribution in [-0.4, -0.2) is 40.3 Å². The third kappa shape index (κ3) is 3.74. The van der Waals surface area contributed by atoms with E-state index in [2.05, 4.69) is 22.4 Å². The minimum Gasteiger partial charge on any atom is -0.420 e. The van der Waals surface area contributed by atoms with E-state index in [4.69, 9.17) is 4.42 Å². The van der Waals surface area contributed by atoms with Crippen molar-refractivity contribution in [1.82, 2.24) is 20.4 Å². The van der Waals surface area contributed by atoms with Gasteiger partial charge in [-0.3, -0.25) is 0 Å². The number of urea groups is 1. The fourth-order valence-corrected chi connectivity index (χ4v) is 3.87. The molecule has 26 heavy (non-hydrogen) atoms. The Morgan fingerprint density at radius 2 is 1.88 bits per heavy atom. The highest BCUT2D eigenvalue weighted by molar-refractivity contribution is 5.75. The standard InChI is InChI=1S/C20H26N4O2/c1-14-7-9-15(10-8-14)18-22-23-19(26-18)16-11-12-24(13-16)20(25)21-17-5-3-2-4-6-17/h7-10,16-17H,2-6,11-13H2,1H3,(H,21,25). The second kappa shape index (κ2) is 7.48. The predicted molar refractivity (Wildman–Crippen MR) is 98.8 cm³/mol. The van der Waals surface area contributed by atoms with Crippen molar-refractivity contribution in [3.05, 3.63) is 35.7 Å². The minimum absolute atomic E-state index is 0.0534. The van der Waals surface area contributed by atoms with Gasteiger partial charge in [0.15, 0.2) is 0 Å². The van der Waals surface area contributed by atoms with Gasteiger partial charge in [0, 0.05) is 24.7 Å². The van der Waals surface area contributed by atoms with Crippen molar-refractivity contribution in [2.75, 3.05) is 13.1 Å². The zero-order valence-electron chi connectivity index (χ0n) is 15.3. The lowest BCUT2D eigenvalue weighted by molar-refractivity contribution is 0.199. The van der Waals surface area contributed by atoms with Crippen LogP contribution in [0.1, 0.15) is 55.9 Å². The second-order valence-corrected chi connectivity index (χ2v) is 7.53. The zero-order valence-corrected chi connectivity index (χ0v) is 15.3. The number of amides is 2. The highest BCUT2D eigenvalue weighted by Gasteiger charge is 2.32. The summed E-state index contributed by atoms with van der Waals surface area (Å²) in [6, 6.07) is 8.44. The molecule has 2 aromatic rings. The summed E-state index contributed by atoms with van der Waals surface area (Å²) in [5.74, 6) is 1.30. The maximum absolute atomic E-state index is 12.5. The molecule has 1 atom stereocenters. The van der Waals surface area contributed by atoms with Crippen molar-refractivity contribution >= 4 is 6.03 Å². The summed E-state index contributed by atoms with van der Waals surface area (Å²) < 4.78 is 5.89. The van der Waals surface area contributed by atoms with Gasteiger partial charge in [-0.05, 0) is 38.3 Å². The molecule has 2 fully saturated rings. The average Bonchev–Trinajstić information content (AvgIpc) is 3.33. The van der Waals surface area contributed by atoms with Crippen LogP contribution in [0.25, 0.3) is 11.5 Å². The fraction of sp³-hybridized carbons (Fsp3) is 0.550. The van der Waals surface area contributed by atoms with Gasteiger partial charge >= 0.3 is 6.03 Å². The van der Waals surface area contributed by atoms with Gasteiger partial charge in [-0.25, -0.2) is 4.79 Å². The van der Waals surface area contributed by atoms with E-state index in [0.717, 1.165) is 31.4 Å². The Morgan fingerprint density at radius 3 is 2.65 bits per heavy atom. The normalized spacial score (nSPS) is 21.1. The number of hydrogen-bond acceptors (Lipinski definition) is 4. The molecule has 2 amide bonds. The lowest BCUT2D eigenvalue weighted by atomic mass is 9.96. The Morgan fingerprint density at radius 1 is 1.12 bits per heavy atom. The minimum atomic E-state index is 0.0534. The van der Waals surface area contributed by atoms with Crippen molar-refractivity contribution < 1.29 is 9.21 Å². The number of carbonyl (C=O) groups is 1. The van der Waals surface area contributed by atoms with E-state index in [1.54, 1.807) is 0 Å². The molecule has 0 radical (unpaired) electrons. The third-order valence-corrected chi connectivity index (χ3v) is 5.50. The number of aromatic nitrogens is 2. The highest BCUT2D eigenvalue weighted by atomic mass is 16.4. The number of benzene rings is 1. The Bertz CT molecular complexity index is 749. The first kappa shape index (κ1) is 17.1. The number of rotatable bonds is 3. The van der Waals surface area contributed by atoms with Crippen LogP contribution in [0.3, 0.4) is 0 Å². The average molecular weight is 354 g/mol. The third-order valence-electron chi connectivity index (χ3n) is 5.50. The molecule has 0 spiro atoms. The van der Waals surface area contributed by atoms with Gasteiger partial charge in [0.25, 0.3) is 0 Å². The van der Waals surface area contributed by atoms with Gasteiger partial charge < -0.3 is 14.6 Å². The molecule has 4 rings (SSSR count). The van der Waals surface area contributed by atoms with Crippen LogP contribution in [-0.2, 0) is 0 Å². The smallest absolute Gasteiger partial charge is 0.317 e. The molecular formula is C20H26N4O2. The van der Waals surface area contributed by atoms with Gasteiger partial charge in [0.05, 0.1) is 5.92 Å². The highest BCUT2D eigenvalue weighted by Crippen LogP contribution is 2.29. The summed E-state index contributed by atoms with van der Waals surface area (Å²) in [4.78, 5) is 14.4. The molecule has 1 aromatic carbocycles. The lowest BCUT2D eigenvalue weighted by Crippen LogP contribution is -2.44. The van der Waals surface area contributed by atoms with E-state index in [-0.39, 0.29) is 11.9 Å². The largest absolute Gasteiger partial charge is 0.420 e. The number of carbonyl (C=O) groups excluding carboxylic acids is 1. The first-order valence-corrected chi connectivity index (χ1v) is 9.65. The first-order chi connectivity index (χ1) is 12.7. The Labute approximate surface area is 154 Å². The molecule has 1 saturated carbocycles. The topological polar surface area (TPSA) is 71.3 Å². The van der Waals surface area contributed by atoms with Gasteiger partial charge in [0.1, 0.15) is 0 Å². The van der Waals surface area contributed by atoms with E-state index in [1.807, 2.05) is 29.2 Å². The summed E-state index contributed by atoms with van der Waals surface area (Å²) in [5, 5.41) is 11.6. The maximum Gasteiger partial charge on any atom is 0.317 e. The van der Waals surface area contributed by atoms with Crippen LogP contribution < -0.4 is 5.32 Å². The van der Waals surface area contributed by atoms with E-state index in [1.165, 1.54) is 24.8 Å². The molecule has 1 unspecified atom stereocenters. The molecule has 1 aliphatic heterocycles.